The Hall–Kier alpha value is -2.36. The third kappa shape index (κ3) is 3.10. The van der Waals surface area contributed by atoms with Crippen LogP contribution in [-0.4, -0.2) is 34.4 Å². The summed E-state index contributed by atoms with van der Waals surface area (Å²) in [5.74, 6) is -1.14. The van der Waals surface area contributed by atoms with Crippen molar-refractivity contribution in [1.29, 1.82) is 0 Å². The first-order valence-corrected chi connectivity index (χ1v) is 6.55. The van der Waals surface area contributed by atoms with Gasteiger partial charge in [-0.05, 0) is 6.92 Å². The van der Waals surface area contributed by atoms with Crippen molar-refractivity contribution < 1.29 is 22.8 Å². The molecule has 0 aromatic carbocycles. The van der Waals surface area contributed by atoms with E-state index in [-0.39, 0.29) is 10.8 Å². The number of sulfonamides is 1. The highest BCUT2D eigenvalue weighted by molar-refractivity contribution is 7.92. The summed E-state index contributed by atoms with van der Waals surface area (Å²) in [5, 5.41) is 15.7. The predicted octanol–water partition coefficient (Wildman–Crippen LogP) is 0.0649. The van der Waals surface area contributed by atoms with Crippen LogP contribution in [0.15, 0.2) is 27.9 Å². The van der Waals surface area contributed by atoms with E-state index in [0.29, 0.717) is 5.69 Å². The lowest BCUT2D eigenvalue weighted by molar-refractivity contribution is -0.137. The first-order valence-electron chi connectivity index (χ1n) is 5.07. The van der Waals surface area contributed by atoms with E-state index in [0.717, 1.165) is 17.1 Å². The zero-order chi connectivity index (χ0) is 14.0. The lowest BCUT2D eigenvalue weighted by Gasteiger charge is -2.00. The van der Waals surface area contributed by atoms with Gasteiger partial charge in [-0.2, -0.15) is 5.10 Å². The SMILES string of the molecule is Cc1cc(NS(=O)(=O)c2cnn(CC(=O)O)c2)on1. The molecular formula is C9H10N4O5S. The number of aryl methyl sites for hydroxylation is 1. The van der Waals surface area contributed by atoms with Crippen LogP contribution in [0.4, 0.5) is 5.88 Å². The molecular weight excluding hydrogens is 276 g/mol. The number of nitrogens with one attached hydrogen (secondary N) is 1. The number of carboxylic acid groups (broad SMARTS) is 1. The van der Waals surface area contributed by atoms with Gasteiger partial charge in [0.15, 0.2) is 0 Å². The molecule has 2 N–H and O–H groups in total. The Bertz CT molecular complexity index is 702. The minimum absolute atomic E-state index is 0.0246. The maximum atomic E-state index is 11.9. The average Bonchev–Trinajstić information content (AvgIpc) is 2.87. The Balaban J connectivity index is 2.19. The monoisotopic (exact) mass is 286 g/mol. The van der Waals surface area contributed by atoms with Crippen molar-refractivity contribution >= 4 is 21.9 Å². The van der Waals surface area contributed by atoms with E-state index < -0.39 is 22.5 Å². The molecule has 19 heavy (non-hydrogen) atoms. The van der Waals surface area contributed by atoms with Crippen LogP contribution in [0.25, 0.3) is 0 Å². The fourth-order valence-corrected chi connectivity index (χ4v) is 2.24. The van der Waals surface area contributed by atoms with Crippen molar-refractivity contribution in [3.8, 4) is 0 Å². The topological polar surface area (TPSA) is 127 Å². The van der Waals surface area contributed by atoms with E-state index in [1.54, 1.807) is 6.92 Å². The predicted molar refractivity (Wildman–Crippen MR) is 61.9 cm³/mol. The van der Waals surface area contributed by atoms with Gasteiger partial charge in [0.2, 0.25) is 5.88 Å². The number of aromatic nitrogens is 3. The summed E-state index contributed by atoms with van der Waals surface area (Å²) in [7, 11) is -3.87. The Kier molecular flexibility index (Phi) is 3.25. The molecule has 0 saturated carbocycles. The van der Waals surface area contributed by atoms with Gasteiger partial charge >= 0.3 is 5.97 Å². The maximum absolute atomic E-state index is 11.9. The van der Waals surface area contributed by atoms with Crippen LogP contribution in [0.1, 0.15) is 5.69 Å². The largest absolute Gasteiger partial charge is 0.480 e. The van der Waals surface area contributed by atoms with Gasteiger partial charge in [0.1, 0.15) is 11.4 Å². The Morgan fingerprint density at radius 3 is 2.89 bits per heavy atom. The van der Waals surface area contributed by atoms with Crippen molar-refractivity contribution in [1.82, 2.24) is 14.9 Å². The molecule has 2 aromatic heterocycles. The van der Waals surface area contributed by atoms with Gasteiger partial charge < -0.3 is 9.63 Å². The number of aliphatic carboxylic acids is 1. The molecule has 0 unspecified atom stereocenters. The van der Waals surface area contributed by atoms with Gasteiger partial charge in [0.25, 0.3) is 10.0 Å². The first kappa shape index (κ1) is 13.1. The van der Waals surface area contributed by atoms with E-state index in [1.165, 1.54) is 6.07 Å². The Morgan fingerprint density at radius 1 is 1.58 bits per heavy atom. The first-order chi connectivity index (χ1) is 8.87. The molecule has 2 rings (SSSR count). The van der Waals surface area contributed by atoms with Crippen LogP contribution in [0.3, 0.4) is 0 Å². The second-order valence-corrected chi connectivity index (χ2v) is 5.39. The van der Waals surface area contributed by atoms with Gasteiger partial charge in [-0.25, -0.2) is 13.1 Å². The van der Waals surface area contributed by atoms with E-state index >= 15 is 0 Å². The van der Waals surface area contributed by atoms with E-state index in [1.807, 2.05) is 0 Å². The maximum Gasteiger partial charge on any atom is 0.325 e. The minimum atomic E-state index is -3.87. The van der Waals surface area contributed by atoms with E-state index in [4.69, 9.17) is 9.63 Å². The number of anilines is 1. The summed E-state index contributed by atoms with van der Waals surface area (Å²) in [5.41, 5.74) is 0.527. The molecule has 9 nitrogen and oxygen atoms in total. The fourth-order valence-electron chi connectivity index (χ4n) is 1.31. The van der Waals surface area contributed by atoms with Crippen molar-refractivity contribution in [2.45, 2.75) is 18.4 Å². The molecule has 0 atom stereocenters. The fraction of sp³-hybridized carbons (Fsp3) is 0.222. The summed E-state index contributed by atoms with van der Waals surface area (Å²) in [6.07, 6.45) is 2.16. The van der Waals surface area contributed by atoms with E-state index in [2.05, 4.69) is 15.0 Å². The highest BCUT2D eigenvalue weighted by atomic mass is 32.2. The molecule has 0 aliphatic carbocycles. The van der Waals surface area contributed by atoms with Gasteiger partial charge in [0, 0.05) is 12.3 Å². The molecule has 2 aromatic rings. The molecule has 0 bridgehead atoms. The second-order valence-electron chi connectivity index (χ2n) is 3.71. The van der Waals surface area contributed by atoms with Gasteiger partial charge in [-0.1, -0.05) is 5.16 Å². The van der Waals surface area contributed by atoms with Crippen molar-refractivity contribution in [2.24, 2.45) is 0 Å². The van der Waals surface area contributed by atoms with Crippen molar-refractivity contribution in [3.05, 3.63) is 24.2 Å². The molecule has 10 heteroatoms. The van der Waals surface area contributed by atoms with Gasteiger partial charge in [-0.15, -0.1) is 0 Å². The number of rotatable bonds is 5. The average molecular weight is 286 g/mol. The summed E-state index contributed by atoms with van der Waals surface area (Å²) in [6, 6.07) is 1.42. The second kappa shape index (κ2) is 4.72. The van der Waals surface area contributed by atoms with E-state index in [9.17, 15) is 13.2 Å². The Labute approximate surface area is 107 Å². The van der Waals surface area contributed by atoms with Crippen LogP contribution in [0.5, 0.6) is 0 Å². The third-order valence-corrected chi connectivity index (χ3v) is 3.38. The number of carboxylic acids is 1. The molecule has 0 aliphatic heterocycles. The lowest BCUT2D eigenvalue weighted by atomic mass is 10.5. The number of hydrogen-bond donors (Lipinski definition) is 2. The van der Waals surface area contributed by atoms with Gasteiger partial charge in [-0.3, -0.25) is 9.48 Å². The molecule has 0 fully saturated rings. The quantitative estimate of drug-likeness (QED) is 0.795. The standard InChI is InChI=1S/C9H10N4O5S/c1-6-2-8(18-11-6)12-19(16,17)7-3-10-13(4-7)5-9(14)15/h2-4,12H,5H2,1H3,(H,14,15). The van der Waals surface area contributed by atoms with Crippen LogP contribution in [0, 0.1) is 6.92 Å². The molecule has 0 radical (unpaired) electrons. The van der Waals surface area contributed by atoms with Crippen LogP contribution >= 0.6 is 0 Å². The summed E-state index contributed by atoms with van der Waals surface area (Å²) in [4.78, 5) is 10.3. The molecule has 102 valence electrons. The molecule has 0 aliphatic rings. The molecule has 2 heterocycles. The molecule has 0 spiro atoms. The van der Waals surface area contributed by atoms with Crippen LogP contribution in [0.2, 0.25) is 0 Å². The van der Waals surface area contributed by atoms with Crippen LogP contribution < -0.4 is 4.72 Å². The van der Waals surface area contributed by atoms with Crippen molar-refractivity contribution in [2.75, 3.05) is 4.72 Å². The lowest BCUT2D eigenvalue weighted by Crippen LogP contribution is -2.12. The molecule has 0 saturated heterocycles. The zero-order valence-corrected chi connectivity index (χ0v) is 10.6. The summed E-state index contributed by atoms with van der Waals surface area (Å²) in [6.45, 7) is 1.23. The highest BCUT2D eigenvalue weighted by Gasteiger charge is 2.19. The highest BCUT2D eigenvalue weighted by Crippen LogP contribution is 2.15. The smallest absolute Gasteiger partial charge is 0.325 e. The van der Waals surface area contributed by atoms with Gasteiger partial charge in [0.05, 0.1) is 11.9 Å². The number of nitrogens with zero attached hydrogens (tertiary/aromatic N) is 3. The third-order valence-electron chi connectivity index (χ3n) is 2.08. The summed E-state index contributed by atoms with van der Waals surface area (Å²) < 4.78 is 31.7. The van der Waals surface area contributed by atoms with Crippen LogP contribution in [-0.2, 0) is 21.4 Å². The van der Waals surface area contributed by atoms with Crippen molar-refractivity contribution in [3.63, 3.8) is 0 Å². The Morgan fingerprint density at radius 2 is 2.32 bits per heavy atom. The molecule has 0 amide bonds. The zero-order valence-electron chi connectivity index (χ0n) is 9.77. The minimum Gasteiger partial charge on any atom is -0.480 e. The number of carbonyl (C=O) groups is 1. The summed E-state index contributed by atoms with van der Waals surface area (Å²) >= 11 is 0. The number of hydrogen-bond acceptors (Lipinski definition) is 6. The normalized spacial score (nSPS) is 11.4.